The van der Waals surface area contributed by atoms with Crippen molar-refractivity contribution in [2.75, 3.05) is 0 Å². The first-order valence-corrected chi connectivity index (χ1v) is 5.72. The van der Waals surface area contributed by atoms with Gasteiger partial charge in [0.1, 0.15) is 0 Å². The van der Waals surface area contributed by atoms with E-state index in [9.17, 15) is 9.59 Å². The Kier molecular flexibility index (Phi) is 3.38. The molecule has 0 unspecified atom stereocenters. The number of hydrogen-bond donors (Lipinski definition) is 0. The highest BCUT2D eigenvalue weighted by atomic mass is 16.1. The van der Waals surface area contributed by atoms with E-state index in [1.54, 1.807) is 24.3 Å². The number of carbonyl (C=O) groups is 2. The van der Waals surface area contributed by atoms with Crippen LogP contribution in [0.2, 0.25) is 0 Å². The Labute approximate surface area is 106 Å². The molecule has 2 heteroatoms. The highest BCUT2D eigenvalue weighted by Crippen LogP contribution is 2.20. The Hall–Kier alpha value is -2.22. The molecule has 0 N–H and O–H groups in total. The lowest BCUT2D eigenvalue weighted by Crippen LogP contribution is -1.93. The number of carbonyl (C=O) groups excluding carboxylic acids is 2. The molecule has 0 saturated heterocycles. The van der Waals surface area contributed by atoms with Crippen molar-refractivity contribution in [1.29, 1.82) is 0 Å². The van der Waals surface area contributed by atoms with Crippen LogP contribution in [-0.4, -0.2) is 11.6 Å². The van der Waals surface area contributed by atoms with Crippen LogP contribution in [-0.2, 0) is 0 Å². The van der Waals surface area contributed by atoms with Crippen molar-refractivity contribution in [3.63, 3.8) is 0 Å². The van der Waals surface area contributed by atoms with Crippen LogP contribution < -0.4 is 0 Å². The van der Waals surface area contributed by atoms with Crippen LogP contribution in [0.1, 0.15) is 34.6 Å². The molecule has 0 saturated carbocycles. The van der Waals surface area contributed by atoms with Gasteiger partial charge in [-0.3, -0.25) is 9.59 Å². The van der Waals surface area contributed by atoms with Gasteiger partial charge in [0.25, 0.3) is 0 Å². The number of Topliss-reactive ketones (excluding diaryl/α,β-unsaturated/α-hetero) is 2. The predicted molar refractivity (Wildman–Crippen MR) is 70.7 cm³/mol. The lowest BCUT2D eigenvalue weighted by Gasteiger charge is -2.04. The predicted octanol–water partition coefficient (Wildman–Crippen LogP) is 3.56. The van der Waals surface area contributed by atoms with E-state index in [1.165, 1.54) is 13.8 Å². The molecule has 0 heterocycles. The largest absolute Gasteiger partial charge is 0.295 e. The topological polar surface area (TPSA) is 34.1 Å². The van der Waals surface area contributed by atoms with E-state index in [-0.39, 0.29) is 11.6 Å². The number of hydrogen-bond acceptors (Lipinski definition) is 2. The van der Waals surface area contributed by atoms with Gasteiger partial charge in [0, 0.05) is 11.1 Å². The van der Waals surface area contributed by atoms with Crippen LogP contribution in [0.3, 0.4) is 0 Å². The molecule has 0 fully saturated rings. The summed E-state index contributed by atoms with van der Waals surface area (Å²) >= 11 is 0. The van der Waals surface area contributed by atoms with Gasteiger partial charge in [-0.25, -0.2) is 0 Å². The molecule has 2 aromatic carbocycles. The summed E-state index contributed by atoms with van der Waals surface area (Å²) in [6.07, 6.45) is 0. The highest BCUT2D eigenvalue weighted by molar-refractivity contribution is 5.96. The maximum absolute atomic E-state index is 11.3. The van der Waals surface area contributed by atoms with Crippen LogP contribution in [0.5, 0.6) is 0 Å². The molecule has 2 rings (SSSR count). The van der Waals surface area contributed by atoms with Crippen molar-refractivity contribution >= 4 is 11.6 Å². The van der Waals surface area contributed by atoms with E-state index in [2.05, 4.69) is 6.07 Å². The third-order valence-electron chi connectivity index (χ3n) is 2.81. The quantitative estimate of drug-likeness (QED) is 0.765. The molecular formula is C16H13O2. The van der Waals surface area contributed by atoms with Crippen molar-refractivity contribution in [3.05, 3.63) is 59.7 Å². The summed E-state index contributed by atoms with van der Waals surface area (Å²) in [5.41, 5.74) is 3.15. The molecule has 0 spiro atoms. The monoisotopic (exact) mass is 237 g/mol. The van der Waals surface area contributed by atoms with E-state index in [1.807, 2.05) is 18.2 Å². The maximum atomic E-state index is 11.3. The minimum Gasteiger partial charge on any atom is -0.295 e. The van der Waals surface area contributed by atoms with Gasteiger partial charge in [0.15, 0.2) is 11.6 Å². The number of rotatable bonds is 3. The molecule has 89 valence electrons. The Balaban J connectivity index is 2.39. The summed E-state index contributed by atoms with van der Waals surface area (Å²) in [5.74, 6) is 0.0774. The average Bonchev–Trinajstić information content (AvgIpc) is 2.39. The minimum absolute atomic E-state index is 0.0330. The molecule has 2 aromatic rings. The van der Waals surface area contributed by atoms with E-state index in [0.29, 0.717) is 11.1 Å². The van der Waals surface area contributed by atoms with Crippen molar-refractivity contribution in [2.24, 2.45) is 0 Å². The van der Waals surface area contributed by atoms with Gasteiger partial charge in [0.05, 0.1) is 0 Å². The van der Waals surface area contributed by atoms with Crippen LogP contribution in [0.15, 0.2) is 42.5 Å². The van der Waals surface area contributed by atoms with Gasteiger partial charge >= 0.3 is 0 Å². The molecule has 18 heavy (non-hydrogen) atoms. The summed E-state index contributed by atoms with van der Waals surface area (Å²) in [6, 6.07) is 15.7. The lowest BCUT2D eigenvalue weighted by molar-refractivity contribution is 0.100. The summed E-state index contributed by atoms with van der Waals surface area (Å²) in [4.78, 5) is 22.5. The molecule has 0 bridgehead atoms. The fraction of sp³-hybridized carbons (Fsp3) is 0.125. The summed E-state index contributed by atoms with van der Waals surface area (Å²) in [5, 5.41) is 0. The SMILES string of the molecule is CC(=O)c1ccc(-c2[c]ccc(C(C)=O)c2)cc1. The first-order valence-electron chi connectivity index (χ1n) is 5.72. The third-order valence-corrected chi connectivity index (χ3v) is 2.81. The molecule has 0 amide bonds. The van der Waals surface area contributed by atoms with E-state index >= 15 is 0 Å². The second kappa shape index (κ2) is 4.96. The zero-order valence-electron chi connectivity index (χ0n) is 10.4. The Morgan fingerprint density at radius 2 is 1.50 bits per heavy atom. The molecular weight excluding hydrogens is 224 g/mol. The van der Waals surface area contributed by atoms with E-state index in [4.69, 9.17) is 0 Å². The molecule has 0 aromatic heterocycles. The van der Waals surface area contributed by atoms with Gasteiger partial charge < -0.3 is 0 Å². The van der Waals surface area contributed by atoms with Crippen LogP contribution >= 0.6 is 0 Å². The second-order valence-corrected chi connectivity index (χ2v) is 4.18. The molecule has 2 nitrogen and oxygen atoms in total. The Morgan fingerprint density at radius 1 is 0.889 bits per heavy atom. The third kappa shape index (κ3) is 2.54. The normalized spacial score (nSPS) is 10.1. The molecule has 0 aliphatic carbocycles. The molecule has 0 aliphatic heterocycles. The van der Waals surface area contributed by atoms with E-state index < -0.39 is 0 Å². The van der Waals surface area contributed by atoms with Crippen molar-refractivity contribution in [3.8, 4) is 11.1 Å². The zero-order chi connectivity index (χ0) is 13.1. The summed E-state index contributed by atoms with van der Waals surface area (Å²) in [6.45, 7) is 3.08. The van der Waals surface area contributed by atoms with Crippen LogP contribution in [0.4, 0.5) is 0 Å². The molecule has 0 aliphatic rings. The second-order valence-electron chi connectivity index (χ2n) is 4.18. The zero-order valence-corrected chi connectivity index (χ0v) is 10.4. The standard InChI is InChI=1S/C16H13O2/c1-11(17)13-6-8-14(9-7-13)16-5-3-4-15(10-16)12(2)18/h3-4,6-10H,1-2H3. The first-order chi connectivity index (χ1) is 8.58. The van der Waals surface area contributed by atoms with Gasteiger partial charge in [-0.05, 0) is 37.1 Å². The van der Waals surface area contributed by atoms with Crippen LogP contribution in [0, 0.1) is 6.07 Å². The van der Waals surface area contributed by atoms with Crippen molar-refractivity contribution in [1.82, 2.24) is 0 Å². The fourth-order valence-electron chi connectivity index (χ4n) is 1.74. The Bertz CT molecular complexity index is 595. The highest BCUT2D eigenvalue weighted by Gasteiger charge is 2.04. The van der Waals surface area contributed by atoms with Gasteiger partial charge in [-0.1, -0.05) is 36.4 Å². The van der Waals surface area contributed by atoms with Gasteiger partial charge in [0.2, 0.25) is 0 Å². The van der Waals surface area contributed by atoms with E-state index in [0.717, 1.165) is 11.1 Å². The van der Waals surface area contributed by atoms with Crippen molar-refractivity contribution in [2.45, 2.75) is 13.8 Å². The average molecular weight is 237 g/mol. The number of ketones is 2. The maximum Gasteiger partial charge on any atom is 0.159 e. The minimum atomic E-state index is 0.0330. The van der Waals surface area contributed by atoms with Crippen LogP contribution in [0.25, 0.3) is 11.1 Å². The molecule has 0 atom stereocenters. The molecule has 1 radical (unpaired) electrons. The summed E-state index contributed by atoms with van der Waals surface area (Å²) < 4.78 is 0. The van der Waals surface area contributed by atoms with Crippen molar-refractivity contribution < 1.29 is 9.59 Å². The summed E-state index contributed by atoms with van der Waals surface area (Å²) in [7, 11) is 0. The number of benzene rings is 2. The smallest absolute Gasteiger partial charge is 0.159 e. The van der Waals surface area contributed by atoms with Gasteiger partial charge in [-0.15, -0.1) is 0 Å². The fourth-order valence-corrected chi connectivity index (χ4v) is 1.74. The van der Waals surface area contributed by atoms with Gasteiger partial charge in [-0.2, -0.15) is 0 Å². The lowest BCUT2D eigenvalue weighted by atomic mass is 10.00. The Morgan fingerprint density at radius 3 is 2.06 bits per heavy atom. The first kappa shape index (κ1) is 12.2.